The van der Waals surface area contributed by atoms with E-state index in [-0.39, 0.29) is 36.5 Å². The fraction of sp³-hybridized carbons (Fsp3) is 0.435. The number of carbonyl (C=O) groups is 4. The molecule has 3 aromatic rings. The smallest absolute Gasteiger partial charge is 0.320 e. The third-order valence-corrected chi connectivity index (χ3v) is 11.8. The summed E-state index contributed by atoms with van der Waals surface area (Å²) >= 11 is 0. The molecular weight excluding hydrogens is 761 g/mol. The van der Waals surface area contributed by atoms with Gasteiger partial charge in [0.25, 0.3) is 0 Å². The van der Waals surface area contributed by atoms with Gasteiger partial charge in [-0.25, -0.2) is 4.98 Å². The van der Waals surface area contributed by atoms with Gasteiger partial charge in [0.05, 0.1) is 11.4 Å². The van der Waals surface area contributed by atoms with Crippen molar-refractivity contribution in [3.63, 3.8) is 0 Å². The molecule has 0 fully saturated rings. The van der Waals surface area contributed by atoms with E-state index in [1.54, 1.807) is 0 Å². The highest BCUT2D eigenvalue weighted by atomic mass is 16.4. The van der Waals surface area contributed by atoms with Crippen molar-refractivity contribution in [3.05, 3.63) is 82.5 Å². The molecule has 0 saturated carbocycles. The molecule has 5 rings (SSSR count). The molecule has 5 heterocycles. The van der Waals surface area contributed by atoms with Crippen molar-refractivity contribution in [1.82, 2.24) is 30.6 Å². The summed E-state index contributed by atoms with van der Waals surface area (Å²) in [7, 11) is 0. The Balaban J connectivity index is 1.52. The van der Waals surface area contributed by atoms with Crippen LogP contribution in [0.5, 0.6) is 0 Å². The third kappa shape index (κ3) is 10.8. The topological polar surface area (TPSA) is 242 Å². The second kappa shape index (κ2) is 20.4. The van der Waals surface area contributed by atoms with Crippen LogP contribution in [0.1, 0.15) is 135 Å². The number of aryl methyl sites for hydroxylation is 2. The molecule has 0 radical (unpaired) electrons. The van der Waals surface area contributed by atoms with E-state index < -0.39 is 24.0 Å². The van der Waals surface area contributed by atoms with Crippen LogP contribution in [-0.4, -0.2) is 79.1 Å². The Bertz CT molecular complexity index is 2340. The van der Waals surface area contributed by atoms with Crippen molar-refractivity contribution < 1.29 is 29.4 Å². The monoisotopic (exact) mass is 820 g/mol. The first-order valence-corrected chi connectivity index (χ1v) is 20.8. The number of nitrogens with zero attached hydrogens (tertiary/aromatic N) is 2. The lowest BCUT2D eigenvalue weighted by Gasteiger charge is -2.16. The van der Waals surface area contributed by atoms with Crippen LogP contribution in [0.2, 0.25) is 0 Å². The highest BCUT2D eigenvalue weighted by Crippen LogP contribution is 2.42. The van der Waals surface area contributed by atoms with E-state index in [0.717, 1.165) is 72.5 Å². The number of nitrogens with two attached hydrogens (primary N) is 2. The van der Waals surface area contributed by atoms with Crippen LogP contribution in [0.4, 0.5) is 0 Å². The van der Waals surface area contributed by atoms with Crippen LogP contribution in [0, 0.1) is 13.8 Å². The second-order valence-corrected chi connectivity index (χ2v) is 15.9. The lowest BCUT2D eigenvalue weighted by molar-refractivity contribution is -0.139. The number of rotatable bonds is 20. The van der Waals surface area contributed by atoms with Gasteiger partial charge < -0.3 is 42.3 Å². The van der Waals surface area contributed by atoms with Gasteiger partial charge in [0.2, 0.25) is 11.8 Å². The standard InChI is InChI=1S/C46H60N8O6/c1-7-29-25(3)35-21-36-27(5)31(15-17-43(55)49-19-11-9-13-33(47)45(57)58)41(53-36)24-42-32(16-18-44(56)50-20-12-10-14-34(48)46(59)60)28(6)38(54-42)23-40-30(8-2)26(4)37(52-40)22-39(29)51-35/h7-8,21-24,27,31,33-34,51-52H,1-2,9-20,47-48H2,3-6H3,(H,49,55)(H,50,56)(H,57,58)(H,59,60)/t27?,31?,33-,34-/m0/s1. The van der Waals surface area contributed by atoms with Crippen LogP contribution < -0.4 is 22.1 Å². The molecule has 2 aliphatic heterocycles. The molecule has 3 aromatic heterocycles. The highest BCUT2D eigenvalue weighted by molar-refractivity contribution is 5.94. The van der Waals surface area contributed by atoms with Crippen molar-refractivity contribution in [2.75, 3.05) is 13.1 Å². The fourth-order valence-corrected chi connectivity index (χ4v) is 8.00. The zero-order valence-electron chi connectivity index (χ0n) is 35.2. The number of nitrogens with one attached hydrogen (secondary N) is 4. The highest BCUT2D eigenvalue weighted by Gasteiger charge is 2.30. The van der Waals surface area contributed by atoms with E-state index in [1.165, 1.54) is 0 Å². The van der Waals surface area contributed by atoms with Crippen molar-refractivity contribution in [3.8, 4) is 0 Å². The summed E-state index contributed by atoms with van der Waals surface area (Å²) in [4.78, 5) is 65.9. The molecule has 0 spiro atoms. The summed E-state index contributed by atoms with van der Waals surface area (Å²) in [6.07, 6.45) is 8.26. The van der Waals surface area contributed by atoms with E-state index >= 15 is 0 Å². The van der Waals surface area contributed by atoms with Crippen molar-refractivity contribution >= 4 is 69.1 Å². The second-order valence-electron chi connectivity index (χ2n) is 15.9. The minimum absolute atomic E-state index is 0.0381. The summed E-state index contributed by atoms with van der Waals surface area (Å²) in [5.41, 5.74) is 23.8. The fourth-order valence-electron chi connectivity index (χ4n) is 8.00. The van der Waals surface area contributed by atoms with Crippen LogP contribution in [0.25, 0.3) is 45.4 Å². The van der Waals surface area contributed by atoms with Gasteiger partial charge in [0.1, 0.15) is 12.1 Å². The SMILES string of the molecule is C=Cc1c(C)c2cc3[nH]c(cc4nc(cc5nc(cc1[nH]2)C(C)=C5CCC(=O)NCCCC[C@H](N)C(=O)O)C(CCC(=O)NCCCC[C@H](N)C(=O)O)C4C)c(C)c3C=C. The van der Waals surface area contributed by atoms with Gasteiger partial charge >= 0.3 is 11.9 Å². The van der Waals surface area contributed by atoms with Gasteiger partial charge in [-0.1, -0.05) is 32.2 Å². The molecule has 10 N–H and O–H groups in total. The van der Waals surface area contributed by atoms with Gasteiger partial charge in [-0.2, -0.15) is 0 Å². The first-order valence-electron chi connectivity index (χ1n) is 20.8. The minimum Gasteiger partial charge on any atom is -0.480 e. The Labute approximate surface area is 351 Å². The molecule has 14 nitrogen and oxygen atoms in total. The van der Waals surface area contributed by atoms with E-state index in [2.05, 4.69) is 66.7 Å². The Morgan fingerprint density at radius 2 is 1.27 bits per heavy atom. The quantitative estimate of drug-likeness (QED) is 0.0543. The summed E-state index contributed by atoms with van der Waals surface area (Å²) < 4.78 is 0. The van der Waals surface area contributed by atoms with Crippen LogP contribution in [-0.2, 0) is 19.2 Å². The summed E-state index contributed by atoms with van der Waals surface area (Å²) in [6, 6.07) is 6.37. The Kier molecular flexibility index (Phi) is 15.4. The summed E-state index contributed by atoms with van der Waals surface area (Å²) in [5, 5.41) is 24.0. The summed E-state index contributed by atoms with van der Waals surface area (Å²) in [5.74, 6) is -2.42. The number of unbranched alkanes of at least 4 members (excludes halogenated alkanes) is 2. The lowest BCUT2D eigenvalue weighted by atomic mass is 9.87. The molecule has 4 atom stereocenters. The Morgan fingerprint density at radius 1 is 0.733 bits per heavy atom. The molecule has 60 heavy (non-hydrogen) atoms. The predicted octanol–water partition coefficient (Wildman–Crippen LogP) is 6.99. The van der Waals surface area contributed by atoms with E-state index in [9.17, 15) is 19.2 Å². The lowest BCUT2D eigenvalue weighted by Crippen LogP contribution is -2.30. The van der Waals surface area contributed by atoms with Gasteiger partial charge in [0, 0.05) is 82.3 Å². The van der Waals surface area contributed by atoms with E-state index in [1.807, 2.05) is 31.2 Å². The van der Waals surface area contributed by atoms with Crippen molar-refractivity contribution in [2.24, 2.45) is 11.5 Å². The van der Waals surface area contributed by atoms with E-state index in [0.29, 0.717) is 70.2 Å². The molecule has 0 aromatic carbocycles. The Hall–Kier alpha value is -5.86. The maximum atomic E-state index is 13.1. The Morgan fingerprint density at radius 3 is 1.82 bits per heavy atom. The number of H-pyrrole nitrogens is 2. The molecule has 320 valence electrons. The molecule has 8 bridgehead atoms. The molecule has 2 amide bonds. The number of aromatic nitrogens is 4. The first kappa shape index (κ1) is 45.2. The number of aromatic amines is 2. The van der Waals surface area contributed by atoms with Gasteiger partial charge in [-0.3, -0.25) is 24.2 Å². The average molecular weight is 821 g/mol. The molecular formula is C46H60N8O6. The normalized spacial score (nSPS) is 16.0. The number of aliphatic carboxylic acids is 2. The van der Waals surface area contributed by atoms with Gasteiger partial charge in [0.15, 0.2) is 0 Å². The molecule has 0 aliphatic carbocycles. The summed E-state index contributed by atoms with van der Waals surface area (Å²) in [6.45, 7) is 17.3. The number of hydrogen-bond donors (Lipinski definition) is 8. The number of fused-ring (bicyclic) bond motifs is 8. The average Bonchev–Trinajstić information content (AvgIpc) is 3.87. The van der Waals surface area contributed by atoms with Crippen molar-refractivity contribution in [2.45, 2.75) is 116 Å². The molecule has 2 unspecified atom stereocenters. The first-order chi connectivity index (χ1) is 28.6. The largest absolute Gasteiger partial charge is 0.480 e. The maximum absolute atomic E-state index is 13.1. The minimum atomic E-state index is -1.03. The number of carboxylic acids is 2. The zero-order valence-corrected chi connectivity index (χ0v) is 35.2. The zero-order chi connectivity index (χ0) is 43.7. The number of amides is 2. The van der Waals surface area contributed by atoms with Gasteiger partial charge in [-0.05, 0) is 119 Å². The maximum Gasteiger partial charge on any atom is 0.320 e. The number of carboxylic acid groups (broad SMARTS) is 2. The predicted molar refractivity (Wildman–Crippen MR) is 238 cm³/mol. The van der Waals surface area contributed by atoms with E-state index in [4.69, 9.17) is 31.6 Å². The number of hydrogen-bond acceptors (Lipinski definition) is 8. The van der Waals surface area contributed by atoms with Crippen LogP contribution in [0.3, 0.4) is 0 Å². The number of allylic oxidation sites excluding steroid dienone is 2. The molecule has 14 heteroatoms. The molecule has 2 aliphatic rings. The molecule has 0 saturated heterocycles. The third-order valence-electron chi connectivity index (χ3n) is 11.8. The van der Waals surface area contributed by atoms with Crippen molar-refractivity contribution in [1.29, 1.82) is 0 Å². The van der Waals surface area contributed by atoms with Crippen LogP contribution in [0.15, 0.2) is 37.4 Å². The van der Waals surface area contributed by atoms with Gasteiger partial charge in [-0.15, -0.1) is 0 Å². The van der Waals surface area contributed by atoms with Crippen LogP contribution >= 0.6 is 0 Å². The number of carbonyl (C=O) groups excluding carboxylic acids is 2.